The van der Waals surface area contributed by atoms with E-state index < -0.39 is 11.4 Å². The third-order valence-electron chi connectivity index (χ3n) is 2.67. The summed E-state index contributed by atoms with van der Waals surface area (Å²) in [6.07, 6.45) is -0.0241. The van der Waals surface area contributed by atoms with Gasteiger partial charge in [0.15, 0.2) is 5.15 Å². The Morgan fingerprint density at radius 3 is 2.45 bits per heavy atom. The van der Waals surface area contributed by atoms with Crippen LogP contribution in [0.1, 0.15) is 32.3 Å². The van der Waals surface area contributed by atoms with E-state index in [0.29, 0.717) is 11.3 Å². The minimum absolute atomic E-state index is 0.0672. The van der Waals surface area contributed by atoms with Crippen molar-refractivity contribution in [1.82, 2.24) is 4.98 Å². The highest BCUT2D eigenvalue weighted by atomic mass is 35.5. The Balaban J connectivity index is 2.79. The van der Waals surface area contributed by atoms with Crippen LogP contribution >= 0.6 is 23.2 Å². The van der Waals surface area contributed by atoms with Crippen LogP contribution in [0, 0.1) is 12.3 Å². The molecule has 0 radical (unpaired) electrons. The summed E-state index contributed by atoms with van der Waals surface area (Å²) < 4.78 is 0. The fraction of sp³-hybridized carbons (Fsp3) is 0.462. The predicted octanol–water partition coefficient (Wildman–Crippen LogP) is 3.53. The number of aliphatic carboxylic acids is 1. The average molecular weight is 319 g/mol. The largest absolute Gasteiger partial charge is 0.481 e. The summed E-state index contributed by atoms with van der Waals surface area (Å²) >= 11 is 11.7. The number of pyridine rings is 1. The lowest BCUT2D eigenvalue weighted by molar-refractivity contribution is -0.139. The lowest BCUT2D eigenvalue weighted by Gasteiger charge is -2.22. The minimum atomic E-state index is -0.940. The van der Waals surface area contributed by atoms with Crippen molar-refractivity contribution in [3.05, 3.63) is 21.9 Å². The zero-order chi connectivity index (χ0) is 15.5. The number of hydrogen-bond acceptors (Lipinski definition) is 3. The molecule has 1 rings (SSSR count). The number of nitrogens with one attached hydrogen (secondary N) is 1. The van der Waals surface area contributed by atoms with E-state index in [1.54, 1.807) is 26.8 Å². The van der Waals surface area contributed by atoms with Gasteiger partial charge in [0.25, 0.3) is 0 Å². The van der Waals surface area contributed by atoms with Crippen LogP contribution in [0.15, 0.2) is 6.07 Å². The van der Waals surface area contributed by atoms with E-state index in [-0.39, 0.29) is 29.1 Å². The Bertz CT molecular complexity index is 521. The molecular formula is C13H16Cl2N2O3. The molecule has 1 heterocycles. The number of aromatic nitrogens is 1. The van der Waals surface area contributed by atoms with Crippen LogP contribution in [0.5, 0.6) is 0 Å². The number of amides is 1. The second-order valence-electron chi connectivity index (χ2n) is 5.39. The van der Waals surface area contributed by atoms with Gasteiger partial charge in [-0.05, 0) is 24.0 Å². The first kappa shape index (κ1) is 16.7. The summed E-state index contributed by atoms with van der Waals surface area (Å²) in [5.41, 5.74) is 0.447. The molecule has 0 aliphatic carbocycles. The Morgan fingerprint density at radius 1 is 1.35 bits per heavy atom. The molecule has 0 spiro atoms. The van der Waals surface area contributed by atoms with Gasteiger partial charge in [0.05, 0.1) is 12.1 Å². The smallest absolute Gasteiger partial charge is 0.303 e. The molecule has 20 heavy (non-hydrogen) atoms. The van der Waals surface area contributed by atoms with Crippen LogP contribution in [-0.2, 0) is 9.59 Å². The summed E-state index contributed by atoms with van der Waals surface area (Å²) in [6, 6.07) is 1.59. The lowest BCUT2D eigenvalue weighted by atomic mass is 9.85. The average Bonchev–Trinajstić information content (AvgIpc) is 2.20. The van der Waals surface area contributed by atoms with E-state index in [2.05, 4.69) is 10.3 Å². The van der Waals surface area contributed by atoms with Crippen molar-refractivity contribution in [3.63, 3.8) is 0 Å². The maximum atomic E-state index is 12.0. The van der Waals surface area contributed by atoms with Crippen LogP contribution in [-0.4, -0.2) is 22.0 Å². The van der Waals surface area contributed by atoms with Crippen molar-refractivity contribution < 1.29 is 14.7 Å². The van der Waals surface area contributed by atoms with E-state index in [1.807, 2.05) is 0 Å². The molecule has 1 amide bonds. The van der Waals surface area contributed by atoms with Gasteiger partial charge in [-0.25, -0.2) is 4.98 Å². The number of carbonyl (C=O) groups excluding carboxylic acids is 1. The van der Waals surface area contributed by atoms with Crippen molar-refractivity contribution in [3.8, 4) is 0 Å². The number of carboxylic acids is 1. The number of anilines is 1. The fourth-order valence-electron chi connectivity index (χ4n) is 1.84. The SMILES string of the molecule is Cc1cc(Cl)nc(Cl)c1NC(=O)CC(C)(C)CC(=O)O. The highest BCUT2D eigenvalue weighted by Crippen LogP contribution is 2.29. The molecule has 0 bridgehead atoms. The molecular weight excluding hydrogens is 303 g/mol. The van der Waals surface area contributed by atoms with Crippen LogP contribution in [0.4, 0.5) is 5.69 Å². The summed E-state index contributed by atoms with van der Waals surface area (Å²) in [5, 5.41) is 11.8. The first-order valence-corrected chi connectivity index (χ1v) is 6.70. The van der Waals surface area contributed by atoms with E-state index in [9.17, 15) is 9.59 Å². The molecule has 0 aliphatic rings. The molecule has 1 aromatic heterocycles. The van der Waals surface area contributed by atoms with Gasteiger partial charge in [-0.2, -0.15) is 0 Å². The normalized spacial score (nSPS) is 11.2. The van der Waals surface area contributed by atoms with Crippen molar-refractivity contribution in [2.24, 2.45) is 5.41 Å². The van der Waals surface area contributed by atoms with Gasteiger partial charge in [-0.3, -0.25) is 9.59 Å². The fourth-order valence-corrected chi connectivity index (χ4v) is 2.41. The standard InChI is InChI=1S/C13H16Cl2N2O3/c1-7-4-8(14)16-12(15)11(7)17-9(18)5-13(2,3)6-10(19)20/h4H,5-6H2,1-3H3,(H,17,18)(H,19,20). The van der Waals surface area contributed by atoms with Crippen molar-refractivity contribution >= 4 is 40.8 Å². The number of carbonyl (C=O) groups is 2. The summed E-state index contributed by atoms with van der Waals surface area (Å²) in [6.45, 7) is 5.18. The maximum Gasteiger partial charge on any atom is 0.303 e. The predicted molar refractivity (Wildman–Crippen MR) is 78.3 cm³/mol. The number of rotatable bonds is 5. The van der Waals surface area contributed by atoms with E-state index in [1.165, 1.54) is 0 Å². The zero-order valence-electron chi connectivity index (χ0n) is 11.5. The second kappa shape index (κ2) is 6.41. The molecule has 2 N–H and O–H groups in total. The highest BCUT2D eigenvalue weighted by Gasteiger charge is 2.25. The monoisotopic (exact) mass is 318 g/mol. The minimum Gasteiger partial charge on any atom is -0.481 e. The first-order chi connectivity index (χ1) is 9.10. The molecule has 0 fully saturated rings. The molecule has 0 aliphatic heterocycles. The molecule has 0 saturated heterocycles. The van der Waals surface area contributed by atoms with Gasteiger partial charge in [0.1, 0.15) is 5.15 Å². The van der Waals surface area contributed by atoms with Gasteiger partial charge >= 0.3 is 5.97 Å². The van der Waals surface area contributed by atoms with E-state index in [4.69, 9.17) is 28.3 Å². The van der Waals surface area contributed by atoms with Crippen molar-refractivity contribution in [2.45, 2.75) is 33.6 Å². The van der Waals surface area contributed by atoms with Crippen LogP contribution in [0.25, 0.3) is 0 Å². The molecule has 0 unspecified atom stereocenters. The third-order valence-corrected chi connectivity index (χ3v) is 3.14. The maximum absolute atomic E-state index is 12.0. The summed E-state index contributed by atoms with van der Waals surface area (Å²) in [5.74, 6) is -1.25. The number of carboxylic acid groups (broad SMARTS) is 1. The second-order valence-corrected chi connectivity index (χ2v) is 6.13. The number of nitrogens with zero attached hydrogens (tertiary/aromatic N) is 1. The molecule has 5 nitrogen and oxygen atoms in total. The molecule has 1 aromatic rings. The molecule has 7 heteroatoms. The van der Waals surface area contributed by atoms with Crippen molar-refractivity contribution in [1.29, 1.82) is 0 Å². The van der Waals surface area contributed by atoms with Gasteiger partial charge in [0.2, 0.25) is 5.91 Å². The Morgan fingerprint density at radius 2 is 1.95 bits per heavy atom. The van der Waals surface area contributed by atoms with Crippen LogP contribution < -0.4 is 5.32 Å². The molecule has 0 aromatic carbocycles. The van der Waals surface area contributed by atoms with Gasteiger partial charge in [-0.1, -0.05) is 37.0 Å². The van der Waals surface area contributed by atoms with Crippen LogP contribution in [0.2, 0.25) is 10.3 Å². The topological polar surface area (TPSA) is 79.3 Å². The van der Waals surface area contributed by atoms with Gasteiger partial charge in [0, 0.05) is 6.42 Å². The Hall–Kier alpha value is -1.33. The van der Waals surface area contributed by atoms with E-state index in [0.717, 1.165) is 0 Å². The summed E-state index contributed by atoms with van der Waals surface area (Å²) in [7, 11) is 0. The van der Waals surface area contributed by atoms with E-state index >= 15 is 0 Å². The number of halogens is 2. The molecule has 110 valence electrons. The molecule has 0 saturated carbocycles. The lowest BCUT2D eigenvalue weighted by Crippen LogP contribution is -2.25. The Labute approximate surface area is 127 Å². The first-order valence-electron chi connectivity index (χ1n) is 5.95. The quantitative estimate of drug-likeness (QED) is 0.814. The van der Waals surface area contributed by atoms with Crippen molar-refractivity contribution in [2.75, 3.05) is 5.32 Å². The van der Waals surface area contributed by atoms with Gasteiger partial charge in [-0.15, -0.1) is 0 Å². The number of hydrogen-bond donors (Lipinski definition) is 2. The third kappa shape index (κ3) is 4.98. The highest BCUT2D eigenvalue weighted by molar-refractivity contribution is 6.34. The summed E-state index contributed by atoms with van der Waals surface area (Å²) in [4.78, 5) is 26.6. The molecule has 0 atom stereocenters. The van der Waals surface area contributed by atoms with Crippen LogP contribution in [0.3, 0.4) is 0 Å². The van der Waals surface area contributed by atoms with Gasteiger partial charge < -0.3 is 10.4 Å². The Kier molecular flexibility index (Phi) is 5.36. The number of aryl methyl sites for hydroxylation is 1. The zero-order valence-corrected chi connectivity index (χ0v) is 13.0.